The van der Waals surface area contributed by atoms with Gasteiger partial charge in [0.15, 0.2) is 0 Å². The van der Waals surface area contributed by atoms with Crippen LogP contribution in [-0.2, 0) is 10.0 Å². The van der Waals surface area contributed by atoms with Crippen molar-refractivity contribution in [1.29, 1.82) is 0 Å². The second-order valence-electron chi connectivity index (χ2n) is 3.92. The van der Waals surface area contributed by atoms with Gasteiger partial charge in [-0.2, -0.15) is 8.42 Å². The average Bonchev–Trinajstić information content (AvgIpc) is 2.95. The second-order valence-corrected chi connectivity index (χ2v) is 6.41. The van der Waals surface area contributed by atoms with Crippen molar-refractivity contribution in [2.45, 2.75) is 4.90 Å². The first-order chi connectivity index (χ1) is 9.47. The third-order valence-corrected chi connectivity index (χ3v) is 4.81. The molecule has 0 saturated carbocycles. The van der Waals surface area contributed by atoms with Crippen molar-refractivity contribution in [3.63, 3.8) is 0 Å². The van der Waals surface area contributed by atoms with E-state index in [0.717, 1.165) is 11.3 Å². The zero-order chi connectivity index (χ0) is 14.3. The number of thiophene rings is 1. The first-order valence-electron chi connectivity index (χ1n) is 5.41. The SMILES string of the molecule is O=C(O)c1cc(OC2=NS(=O)(=O)c3ccccc32)cs1. The molecule has 0 spiro atoms. The normalized spacial score (nSPS) is 15.5. The fraction of sp³-hybridized carbons (Fsp3) is 0. The van der Waals surface area contributed by atoms with Crippen molar-refractivity contribution < 1.29 is 23.1 Å². The van der Waals surface area contributed by atoms with Gasteiger partial charge in [0.2, 0.25) is 5.90 Å². The van der Waals surface area contributed by atoms with Gasteiger partial charge in [-0.3, -0.25) is 0 Å². The molecule has 20 heavy (non-hydrogen) atoms. The van der Waals surface area contributed by atoms with Gasteiger partial charge in [0.05, 0.1) is 5.56 Å². The Kier molecular flexibility index (Phi) is 2.84. The molecule has 0 aliphatic carbocycles. The van der Waals surface area contributed by atoms with E-state index in [9.17, 15) is 13.2 Å². The van der Waals surface area contributed by atoms with Gasteiger partial charge in [-0.25, -0.2) is 4.79 Å². The number of hydrogen-bond donors (Lipinski definition) is 1. The maximum atomic E-state index is 11.8. The van der Waals surface area contributed by atoms with Crippen LogP contribution in [-0.4, -0.2) is 25.4 Å². The Hall–Kier alpha value is -2.19. The summed E-state index contributed by atoms with van der Waals surface area (Å²) in [4.78, 5) is 11.0. The number of nitrogens with zero attached hydrogens (tertiary/aromatic N) is 1. The molecule has 1 aliphatic rings. The number of sulfonamides is 1. The maximum absolute atomic E-state index is 11.8. The van der Waals surface area contributed by atoms with Crippen LogP contribution in [0.4, 0.5) is 0 Å². The van der Waals surface area contributed by atoms with E-state index in [1.54, 1.807) is 18.2 Å². The Balaban J connectivity index is 1.98. The van der Waals surface area contributed by atoms with Crippen LogP contribution in [0.3, 0.4) is 0 Å². The molecule has 1 aliphatic heterocycles. The van der Waals surface area contributed by atoms with Crippen molar-refractivity contribution >= 4 is 33.2 Å². The predicted octanol–water partition coefficient (Wildman–Crippen LogP) is 1.97. The first kappa shape index (κ1) is 12.8. The van der Waals surface area contributed by atoms with Crippen LogP contribution < -0.4 is 4.74 Å². The molecule has 8 heteroatoms. The Labute approximate surface area is 118 Å². The van der Waals surface area contributed by atoms with E-state index in [1.807, 2.05) is 0 Å². The Morgan fingerprint density at radius 1 is 1.30 bits per heavy atom. The molecule has 0 bridgehead atoms. The molecule has 0 radical (unpaired) electrons. The fourth-order valence-corrected chi connectivity index (χ4v) is 3.53. The average molecular weight is 309 g/mol. The molecule has 0 amide bonds. The van der Waals surface area contributed by atoms with Gasteiger partial charge in [-0.15, -0.1) is 15.7 Å². The van der Waals surface area contributed by atoms with E-state index in [2.05, 4.69) is 4.40 Å². The minimum Gasteiger partial charge on any atom is -0.477 e. The van der Waals surface area contributed by atoms with Crippen molar-refractivity contribution in [2.75, 3.05) is 0 Å². The van der Waals surface area contributed by atoms with Crippen molar-refractivity contribution in [3.8, 4) is 5.75 Å². The van der Waals surface area contributed by atoms with Gasteiger partial charge in [0, 0.05) is 11.4 Å². The highest BCUT2D eigenvalue weighted by Crippen LogP contribution is 2.29. The lowest BCUT2D eigenvalue weighted by molar-refractivity contribution is 0.0702. The van der Waals surface area contributed by atoms with Gasteiger partial charge in [-0.1, -0.05) is 12.1 Å². The van der Waals surface area contributed by atoms with Crippen molar-refractivity contribution in [3.05, 3.63) is 46.2 Å². The molecule has 1 N–H and O–H groups in total. The summed E-state index contributed by atoms with van der Waals surface area (Å²) in [5.41, 5.74) is 0.371. The number of fused-ring (bicyclic) bond motifs is 1. The number of aromatic carboxylic acids is 1. The van der Waals surface area contributed by atoms with Crippen molar-refractivity contribution in [1.82, 2.24) is 0 Å². The minimum atomic E-state index is -3.73. The van der Waals surface area contributed by atoms with Gasteiger partial charge in [0.1, 0.15) is 15.5 Å². The van der Waals surface area contributed by atoms with E-state index in [1.165, 1.54) is 17.5 Å². The number of rotatable bonds is 2. The maximum Gasteiger partial charge on any atom is 0.346 e. The van der Waals surface area contributed by atoms with Gasteiger partial charge in [-0.05, 0) is 12.1 Å². The molecule has 6 nitrogen and oxygen atoms in total. The molecular weight excluding hydrogens is 302 g/mol. The quantitative estimate of drug-likeness (QED) is 0.915. The summed E-state index contributed by atoms with van der Waals surface area (Å²) in [6.45, 7) is 0. The molecule has 2 aromatic rings. The van der Waals surface area contributed by atoms with Crippen LogP contribution in [0.1, 0.15) is 15.2 Å². The van der Waals surface area contributed by atoms with Gasteiger partial charge >= 0.3 is 5.97 Å². The molecular formula is C12H7NO5S2. The Morgan fingerprint density at radius 2 is 2.05 bits per heavy atom. The summed E-state index contributed by atoms with van der Waals surface area (Å²) >= 11 is 0.993. The van der Waals surface area contributed by atoms with E-state index in [4.69, 9.17) is 9.84 Å². The molecule has 1 aromatic heterocycles. The number of benzene rings is 1. The highest BCUT2D eigenvalue weighted by Gasteiger charge is 2.30. The number of carboxylic acid groups (broad SMARTS) is 1. The van der Waals surface area contributed by atoms with Crippen LogP contribution in [0.2, 0.25) is 0 Å². The number of hydrogen-bond acceptors (Lipinski definition) is 5. The van der Waals surface area contributed by atoms with Gasteiger partial charge in [0.25, 0.3) is 10.0 Å². The van der Waals surface area contributed by atoms with E-state index in [-0.39, 0.29) is 21.4 Å². The first-order valence-corrected chi connectivity index (χ1v) is 7.73. The fourth-order valence-electron chi connectivity index (χ4n) is 1.75. The summed E-state index contributed by atoms with van der Waals surface area (Å²) in [7, 11) is -3.73. The molecule has 3 rings (SSSR count). The Morgan fingerprint density at radius 3 is 2.75 bits per heavy atom. The molecule has 0 atom stereocenters. The molecule has 1 aromatic carbocycles. The van der Waals surface area contributed by atoms with Crippen LogP contribution in [0.25, 0.3) is 0 Å². The van der Waals surface area contributed by atoms with Crippen molar-refractivity contribution in [2.24, 2.45) is 4.40 Å². The zero-order valence-corrected chi connectivity index (χ0v) is 11.4. The third-order valence-electron chi connectivity index (χ3n) is 2.60. The number of ether oxygens (including phenoxy) is 1. The Bertz CT molecular complexity index is 835. The lowest BCUT2D eigenvalue weighted by Gasteiger charge is -2.02. The van der Waals surface area contributed by atoms with Crippen LogP contribution >= 0.6 is 11.3 Å². The lowest BCUT2D eigenvalue weighted by atomic mass is 10.2. The molecule has 0 saturated heterocycles. The van der Waals surface area contributed by atoms with Crippen LogP contribution in [0, 0.1) is 0 Å². The summed E-state index contributed by atoms with van der Waals surface area (Å²) in [6, 6.07) is 7.63. The summed E-state index contributed by atoms with van der Waals surface area (Å²) < 4.78 is 32.6. The monoisotopic (exact) mass is 309 g/mol. The lowest BCUT2D eigenvalue weighted by Crippen LogP contribution is -2.07. The topological polar surface area (TPSA) is 93.0 Å². The van der Waals surface area contributed by atoms with Gasteiger partial charge < -0.3 is 9.84 Å². The summed E-state index contributed by atoms with van der Waals surface area (Å²) in [5.74, 6) is -0.861. The third kappa shape index (κ3) is 2.08. The van der Waals surface area contributed by atoms with E-state index < -0.39 is 16.0 Å². The number of carboxylic acids is 1. The largest absolute Gasteiger partial charge is 0.477 e. The summed E-state index contributed by atoms with van der Waals surface area (Å²) in [5, 5.41) is 10.3. The zero-order valence-electron chi connectivity index (χ0n) is 9.81. The predicted molar refractivity (Wildman–Crippen MR) is 72.1 cm³/mol. The molecule has 102 valence electrons. The molecule has 0 unspecified atom stereocenters. The minimum absolute atomic E-state index is 0.0460. The highest BCUT2D eigenvalue weighted by molar-refractivity contribution is 7.90. The second kappa shape index (κ2) is 4.43. The smallest absolute Gasteiger partial charge is 0.346 e. The standard InChI is InChI=1S/C12H7NO5S2/c14-12(15)9-5-7(6-19-9)18-11-8-3-1-2-4-10(8)20(16,17)13-11/h1-6H,(H,14,15). The highest BCUT2D eigenvalue weighted by atomic mass is 32.2. The van der Waals surface area contributed by atoms with E-state index >= 15 is 0 Å². The molecule has 0 fully saturated rings. The van der Waals surface area contributed by atoms with Crippen LogP contribution in [0.5, 0.6) is 5.75 Å². The van der Waals surface area contributed by atoms with E-state index in [0.29, 0.717) is 5.56 Å². The van der Waals surface area contributed by atoms with Crippen LogP contribution in [0.15, 0.2) is 45.0 Å². The summed E-state index contributed by atoms with van der Waals surface area (Å²) in [6.07, 6.45) is 0. The number of carbonyl (C=O) groups is 1. The molecule has 2 heterocycles.